The number of fused-ring (bicyclic) bond motifs is 1. The number of aliphatic hydroxyl groups is 1. The van der Waals surface area contributed by atoms with Crippen LogP contribution < -0.4 is 0 Å². The van der Waals surface area contributed by atoms with Crippen molar-refractivity contribution in [1.29, 1.82) is 0 Å². The third-order valence-electron chi connectivity index (χ3n) is 3.67. The molecule has 1 amide bonds. The highest BCUT2D eigenvalue weighted by Crippen LogP contribution is 2.39. The van der Waals surface area contributed by atoms with Gasteiger partial charge in [0.05, 0.1) is 6.10 Å². The van der Waals surface area contributed by atoms with E-state index in [1.165, 1.54) is 0 Å². The van der Waals surface area contributed by atoms with E-state index in [1.54, 1.807) is 0 Å². The topological polar surface area (TPSA) is 40.5 Å². The maximum Gasteiger partial charge on any atom is 0.383 e. The number of hydrogen-bond acceptors (Lipinski definition) is 2. The molecule has 0 radical (unpaired) electrons. The summed E-state index contributed by atoms with van der Waals surface area (Å²) >= 11 is 0. The van der Waals surface area contributed by atoms with Crippen molar-refractivity contribution in [1.82, 2.24) is 4.90 Å². The Kier molecular flexibility index (Phi) is 3.05. The SMILES string of the molecule is O=C(N1CC2CCC(O)C2C1)C(F)(F)C(F)F. The molecule has 1 saturated heterocycles. The molecular formula is C10H13F4NO2. The molecule has 2 fully saturated rings. The molecule has 3 nitrogen and oxygen atoms in total. The summed E-state index contributed by atoms with van der Waals surface area (Å²) < 4.78 is 49.8. The molecule has 1 aliphatic carbocycles. The van der Waals surface area contributed by atoms with Gasteiger partial charge in [0, 0.05) is 19.0 Å². The smallest absolute Gasteiger partial charge is 0.383 e. The zero-order valence-corrected chi connectivity index (χ0v) is 8.95. The van der Waals surface area contributed by atoms with Crippen molar-refractivity contribution in [3.63, 3.8) is 0 Å². The molecule has 2 rings (SSSR count). The molecule has 7 heteroatoms. The number of halogens is 4. The lowest BCUT2D eigenvalue weighted by Gasteiger charge is -2.23. The number of hydrogen-bond donors (Lipinski definition) is 1. The van der Waals surface area contributed by atoms with Crippen LogP contribution in [0, 0.1) is 11.8 Å². The first-order valence-electron chi connectivity index (χ1n) is 5.47. The first kappa shape index (κ1) is 12.6. The third kappa shape index (κ3) is 2.00. The number of alkyl halides is 4. The summed E-state index contributed by atoms with van der Waals surface area (Å²) in [5, 5.41) is 9.54. The van der Waals surface area contributed by atoms with Gasteiger partial charge in [-0.25, -0.2) is 8.78 Å². The van der Waals surface area contributed by atoms with Crippen molar-refractivity contribution >= 4 is 5.91 Å². The highest BCUT2D eigenvalue weighted by Gasteiger charge is 2.54. The molecule has 1 aliphatic heterocycles. The van der Waals surface area contributed by atoms with E-state index >= 15 is 0 Å². The van der Waals surface area contributed by atoms with Crippen LogP contribution in [0.4, 0.5) is 17.6 Å². The number of carbonyl (C=O) groups is 1. The first-order valence-corrected chi connectivity index (χ1v) is 5.47. The average Bonchev–Trinajstić information content (AvgIpc) is 2.80. The van der Waals surface area contributed by atoms with Crippen LogP contribution in [-0.2, 0) is 4.79 Å². The monoisotopic (exact) mass is 255 g/mol. The van der Waals surface area contributed by atoms with E-state index in [0.29, 0.717) is 12.8 Å². The summed E-state index contributed by atoms with van der Waals surface area (Å²) in [5.74, 6) is -6.73. The summed E-state index contributed by atoms with van der Waals surface area (Å²) in [6.45, 7) is -0.00412. The Bertz CT molecular complexity index is 323. The van der Waals surface area contributed by atoms with Gasteiger partial charge in [-0.15, -0.1) is 0 Å². The fourth-order valence-electron chi connectivity index (χ4n) is 2.71. The zero-order chi connectivity index (χ0) is 12.8. The summed E-state index contributed by atoms with van der Waals surface area (Å²) in [6, 6.07) is 0. The predicted molar refractivity (Wildman–Crippen MR) is 49.8 cm³/mol. The summed E-state index contributed by atoms with van der Waals surface area (Å²) in [4.78, 5) is 12.0. The van der Waals surface area contributed by atoms with E-state index in [2.05, 4.69) is 0 Å². The molecule has 0 aromatic carbocycles. The number of amides is 1. The number of carbonyl (C=O) groups excluding carboxylic acids is 1. The van der Waals surface area contributed by atoms with Crippen molar-refractivity contribution in [2.24, 2.45) is 11.8 Å². The zero-order valence-electron chi connectivity index (χ0n) is 8.95. The summed E-state index contributed by atoms with van der Waals surface area (Å²) in [6.07, 6.45) is -3.36. The van der Waals surface area contributed by atoms with E-state index < -0.39 is 24.4 Å². The van der Waals surface area contributed by atoms with Crippen molar-refractivity contribution in [3.05, 3.63) is 0 Å². The molecule has 3 unspecified atom stereocenters. The van der Waals surface area contributed by atoms with Crippen LogP contribution in [0.2, 0.25) is 0 Å². The number of nitrogens with zero attached hydrogens (tertiary/aromatic N) is 1. The number of rotatable bonds is 2. The Labute approximate surface area is 95.4 Å². The Morgan fingerprint density at radius 1 is 1.29 bits per heavy atom. The average molecular weight is 255 g/mol. The molecule has 1 N–H and O–H groups in total. The second kappa shape index (κ2) is 4.12. The molecule has 98 valence electrons. The Morgan fingerprint density at radius 2 is 1.94 bits per heavy atom. The summed E-state index contributed by atoms with van der Waals surface area (Å²) in [5.41, 5.74) is 0. The van der Waals surface area contributed by atoms with Crippen molar-refractivity contribution < 1.29 is 27.5 Å². The molecule has 0 bridgehead atoms. The lowest BCUT2D eigenvalue weighted by Crippen LogP contribution is -2.47. The molecule has 17 heavy (non-hydrogen) atoms. The highest BCUT2D eigenvalue weighted by atomic mass is 19.3. The standard InChI is InChI=1S/C10H13F4NO2/c11-8(12)10(13,14)9(17)15-3-5-1-2-7(16)6(5)4-15/h5-8,16H,1-4H2. The van der Waals surface area contributed by atoms with Crippen molar-refractivity contribution in [2.75, 3.05) is 13.1 Å². The lowest BCUT2D eigenvalue weighted by atomic mass is 10.00. The van der Waals surface area contributed by atoms with Gasteiger partial charge in [0.25, 0.3) is 5.91 Å². The largest absolute Gasteiger partial charge is 0.393 e. The molecule has 0 spiro atoms. The first-order chi connectivity index (χ1) is 7.84. The maximum atomic E-state index is 12.9. The van der Waals surface area contributed by atoms with E-state index in [4.69, 9.17) is 0 Å². The maximum absolute atomic E-state index is 12.9. The van der Waals surface area contributed by atoms with Gasteiger partial charge in [0.2, 0.25) is 0 Å². The highest BCUT2D eigenvalue weighted by molar-refractivity contribution is 5.84. The number of aliphatic hydroxyl groups excluding tert-OH is 1. The normalized spacial score (nSPS) is 33.3. The van der Waals surface area contributed by atoms with Gasteiger partial charge in [-0.05, 0) is 18.8 Å². The van der Waals surface area contributed by atoms with E-state index in [9.17, 15) is 27.5 Å². The van der Waals surface area contributed by atoms with Crippen LogP contribution in [0.1, 0.15) is 12.8 Å². The van der Waals surface area contributed by atoms with Crippen molar-refractivity contribution in [2.45, 2.75) is 31.3 Å². The van der Waals surface area contributed by atoms with Crippen LogP contribution in [0.15, 0.2) is 0 Å². The molecule has 0 aromatic rings. The molecule has 2 aliphatic rings. The fraction of sp³-hybridized carbons (Fsp3) is 0.900. The minimum Gasteiger partial charge on any atom is -0.393 e. The third-order valence-corrected chi connectivity index (χ3v) is 3.67. The minimum absolute atomic E-state index is 0.0394. The van der Waals surface area contributed by atoms with Gasteiger partial charge in [0.15, 0.2) is 0 Å². The molecule has 3 atom stereocenters. The predicted octanol–water partition coefficient (Wildman–Crippen LogP) is 1.12. The molecular weight excluding hydrogens is 242 g/mol. The van der Waals surface area contributed by atoms with Crippen molar-refractivity contribution in [3.8, 4) is 0 Å². The minimum atomic E-state index is -4.62. The van der Waals surface area contributed by atoms with Crippen LogP contribution in [0.5, 0.6) is 0 Å². The second-order valence-corrected chi connectivity index (χ2v) is 4.70. The fourth-order valence-corrected chi connectivity index (χ4v) is 2.71. The molecule has 0 aromatic heterocycles. The van der Waals surface area contributed by atoms with Gasteiger partial charge in [0.1, 0.15) is 0 Å². The van der Waals surface area contributed by atoms with E-state index in [1.807, 2.05) is 0 Å². The van der Waals surface area contributed by atoms with Crippen LogP contribution >= 0.6 is 0 Å². The summed E-state index contributed by atoms with van der Waals surface area (Å²) in [7, 11) is 0. The second-order valence-electron chi connectivity index (χ2n) is 4.70. The van der Waals surface area contributed by atoms with Crippen LogP contribution in [0.3, 0.4) is 0 Å². The van der Waals surface area contributed by atoms with Crippen LogP contribution in [0.25, 0.3) is 0 Å². The van der Waals surface area contributed by atoms with Crippen LogP contribution in [-0.4, -0.2) is 47.5 Å². The molecule has 1 heterocycles. The Balaban J connectivity index is 2.04. The van der Waals surface area contributed by atoms with E-state index in [0.717, 1.165) is 4.90 Å². The quantitative estimate of drug-likeness (QED) is 0.751. The number of likely N-dealkylation sites (tertiary alicyclic amines) is 1. The Morgan fingerprint density at radius 3 is 2.47 bits per heavy atom. The molecule has 1 saturated carbocycles. The van der Waals surface area contributed by atoms with Gasteiger partial charge in [-0.2, -0.15) is 8.78 Å². The van der Waals surface area contributed by atoms with Gasteiger partial charge in [-0.3, -0.25) is 4.79 Å². The van der Waals surface area contributed by atoms with Gasteiger partial charge < -0.3 is 10.0 Å². The van der Waals surface area contributed by atoms with Gasteiger partial charge in [-0.1, -0.05) is 0 Å². The lowest BCUT2D eigenvalue weighted by molar-refractivity contribution is -0.180. The van der Waals surface area contributed by atoms with E-state index in [-0.39, 0.29) is 24.9 Å². The Hall–Kier alpha value is -0.850. The van der Waals surface area contributed by atoms with Gasteiger partial charge >= 0.3 is 12.3 Å².